The first kappa shape index (κ1) is 18.5. The van der Waals surface area contributed by atoms with Crippen LogP contribution in [0.1, 0.15) is 22.3 Å². The summed E-state index contributed by atoms with van der Waals surface area (Å²) < 4.78 is 5.19. The zero-order valence-corrected chi connectivity index (χ0v) is 15.6. The quantitative estimate of drug-likeness (QED) is 0.891. The molecule has 138 valence electrons. The predicted molar refractivity (Wildman–Crippen MR) is 102 cm³/mol. The predicted octanol–water partition coefficient (Wildman–Crippen LogP) is 3.40. The lowest BCUT2D eigenvalue weighted by molar-refractivity contribution is 0.0758. The summed E-state index contributed by atoms with van der Waals surface area (Å²) in [5.41, 5.74) is 1.49. The summed E-state index contributed by atoms with van der Waals surface area (Å²) in [5, 5.41) is 10.4. The summed E-state index contributed by atoms with van der Waals surface area (Å²) in [6.07, 6.45) is 0.892. The Morgan fingerprint density at radius 3 is 2.62 bits per heavy atom. The Kier molecular flexibility index (Phi) is 6.01. The second-order valence-electron chi connectivity index (χ2n) is 6.43. The number of carbonyl (C=O) groups is 1. The van der Waals surface area contributed by atoms with Crippen LogP contribution >= 0.6 is 11.6 Å². The molecule has 1 aliphatic heterocycles. The van der Waals surface area contributed by atoms with Crippen LogP contribution in [0, 0.1) is 0 Å². The van der Waals surface area contributed by atoms with Gasteiger partial charge in [-0.3, -0.25) is 9.69 Å². The molecule has 1 heterocycles. The van der Waals surface area contributed by atoms with Crippen molar-refractivity contribution in [3.8, 4) is 11.5 Å². The van der Waals surface area contributed by atoms with E-state index in [1.165, 1.54) is 17.7 Å². The second-order valence-corrected chi connectivity index (χ2v) is 6.87. The van der Waals surface area contributed by atoms with Crippen LogP contribution in [0.5, 0.6) is 11.5 Å². The van der Waals surface area contributed by atoms with E-state index in [0.717, 1.165) is 31.8 Å². The number of hydrogen-bond acceptors (Lipinski definition) is 4. The van der Waals surface area contributed by atoms with Crippen LogP contribution in [-0.2, 0) is 6.54 Å². The van der Waals surface area contributed by atoms with Gasteiger partial charge in [0, 0.05) is 37.7 Å². The maximum Gasteiger partial charge on any atom is 0.257 e. The van der Waals surface area contributed by atoms with Crippen LogP contribution in [0.15, 0.2) is 42.5 Å². The molecule has 3 rings (SSSR count). The molecule has 1 aliphatic rings. The topological polar surface area (TPSA) is 53.0 Å². The number of carbonyl (C=O) groups excluding carboxylic acids is 1. The number of methoxy groups -OCH3 is 1. The molecular weight excluding hydrogens is 352 g/mol. The van der Waals surface area contributed by atoms with Gasteiger partial charge in [-0.15, -0.1) is 0 Å². The van der Waals surface area contributed by atoms with E-state index in [0.29, 0.717) is 18.1 Å². The largest absolute Gasteiger partial charge is 0.507 e. The fourth-order valence-corrected chi connectivity index (χ4v) is 3.34. The second kappa shape index (κ2) is 8.43. The maximum absolute atomic E-state index is 12.7. The SMILES string of the molecule is COc1ccc(CN2CCCN(C(=O)c3cc(Cl)ccc3O)CC2)cc1. The summed E-state index contributed by atoms with van der Waals surface area (Å²) in [6.45, 7) is 3.86. The number of rotatable bonds is 4. The van der Waals surface area contributed by atoms with Gasteiger partial charge in [-0.25, -0.2) is 0 Å². The number of phenols is 1. The fourth-order valence-electron chi connectivity index (χ4n) is 3.17. The van der Waals surface area contributed by atoms with Gasteiger partial charge < -0.3 is 14.7 Å². The number of halogens is 1. The highest BCUT2D eigenvalue weighted by atomic mass is 35.5. The minimum Gasteiger partial charge on any atom is -0.507 e. The molecule has 0 unspecified atom stereocenters. The van der Waals surface area contributed by atoms with Gasteiger partial charge in [0.2, 0.25) is 0 Å². The number of benzene rings is 2. The maximum atomic E-state index is 12.7. The standard InChI is InChI=1S/C20H23ClN2O3/c1-26-17-6-3-15(4-7-17)14-22-9-2-10-23(12-11-22)20(25)18-13-16(21)5-8-19(18)24/h3-8,13,24H,2,9-12,14H2,1H3. The Balaban J connectivity index is 1.62. The van der Waals surface area contributed by atoms with Crippen LogP contribution in [0.3, 0.4) is 0 Å². The molecule has 2 aromatic rings. The van der Waals surface area contributed by atoms with E-state index in [1.807, 2.05) is 12.1 Å². The summed E-state index contributed by atoms with van der Waals surface area (Å²) >= 11 is 5.97. The van der Waals surface area contributed by atoms with Crippen molar-refractivity contribution >= 4 is 17.5 Å². The van der Waals surface area contributed by atoms with Gasteiger partial charge in [-0.1, -0.05) is 23.7 Å². The fraction of sp³-hybridized carbons (Fsp3) is 0.350. The molecule has 0 aromatic heterocycles. The van der Waals surface area contributed by atoms with E-state index in [1.54, 1.807) is 18.1 Å². The lowest BCUT2D eigenvalue weighted by Gasteiger charge is -2.22. The van der Waals surface area contributed by atoms with Crippen molar-refractivity contribution in [2.24, 2.45) is 0 Å². The van der Waals surface area contributed by atoms with Crippen LogP contribution in [-0.4, -0.2) is 54.1 Å². The molecule has 1 N–H and O–H groups in total. The van der Waals surface area contributed by atoms with Crippen LogP contribution in [0.4, 0.5) is 0 Å². The van der Waals surface area contributed by atoms with Crippen LogP contribution in [0.25, 0.3) is 0 Å². The molecule has 2 aromatic carbocycles. The first-order valence-electron chi connectivity index (χ1n) is 8.70. The van der Waals surface area contributed by atoms with E-state index < -0.39 is 0 Å². The lowest BCUT2D eigenvalue weighted by atomic mass is 10.1. The number of phenolic OH excluding ortho intramolecular Hbond substituents is 1. The van der Waals surface area contributed by atoms with Gasteiger partial charge in [-0.2, -0.15) is 0 Å². The molecule has 0 saturated carbocycles. The third kappa shape index (κ3) is 4.48. The van der Waals surface area contributed by atoms with Crippen LogP contribution < -0.4 is 4.74 Å². The van der Waals surface area contributed by atoms with Crippen molar-refractivity contribution in [1.29, 1.82) is 0 Å². The van der Waals surface area contributed by atoms with E-state index in [9.17, 15) is 9.90 Å². The summed E-state index contributed by atoms with van der Waals surface area (Å²) in [5.74, 6) is 0.651. The number of aromatic hydroxyl groups is 1. The van der Waals surface area contributed by atoms with Crippen molar-refractivity contribution in [1.82, 2.24) is 9.80 Å². The molecule has 26 heavy (non-hydrogen) atoms. The molecule has 1 saturated heterocycles. The monoisotopic (exact) mass is 374 g/mol. The van der Waals surface area contributed by atoms with Gasteiger partial charge in [-0.05, 0) is 42.3 Å². The molecular formula is C20H23ClN2O3. The number of ether oxygens (including phenoxy) is 1. The minimum atomic E-state index is -0.170. The van der Waals surface area contributed by atoms with Gasteiger partial charge in [0.1, 0.15) is 11.5 Å². The molecule has 0 bridgehead atoms. The normalized spacial score (nSPS) is 15.5. The molecule has 6 heteroatoms. The van der Waals surface area contributed by atoms with E-state index >= 15 is 0 Å². The van der Waals surface area contributed by atoms with Crippen molar-refractivity contribution in [3.63, 3.8) is 0 Å². The number of hydrogen-bond donors (Lipinski definition) is 1. The molecule has 5 nitrogen and oxygen atoms in total. The van der Waals surface area contributed by atoms with E-state index in [2.05, 4.69) is 17.0 Å². The van der Waals surface area contributed by atoms with E-state index in [-0.39, 0.29) is 17.2 Å². The Labute approximate surface area is 158 Å². The summed E-state index contributed by atoms with van der Waals surface area (Å²) in [6, 6.07) is 12.6. The molecule has 0 spiro atoms. The number of amides is 1. The Morgan fingerprint density at radius 1 is 1.12 bits per heavy atom. The lowest BCUT2D eigenvalue weighted by Crippen LogP contribution is -2.35. The Morgan fingerprint density at radius 2 is 1.88 bits per heavy atom. The van der Waals surface area contributed by atoms with Crippen LogP contribution in [0.2, 0.25) is 5.02 Å². The van der Waals surface area contributed by atoms with Crippen molar-refractivity contribution < 1.29 is 14.6 Å². The molecule has 0 radical (unpaired) electrons. The zero-order chi connectivity index (χ0) is 18.5. The minimum absolute atomic E-state index is 0.0289. The zero-order valence-electron chi connectivity index (χ0n) is 14.8. The summed E-state index contributed by atoms with van der Waals surface area (Å²) in [4.78, 5) is 16.9. The van der Waals surface area contributed by atoms with Gasteiger partial charge >= 0.3 is 0 Å². The van der Waals surface area contributed by atoms with Gasteiger partial charge in [0.25, 0.3) is 5.91 Å². The third-order valence-electron chi connectivity index (χ3n) is 4.63. The summed E-state index contributed by atoms with van der Waals surface area (Å²) in [7, 11) is 1.66. The highest BCUT2D eigenvalue weighted by molar-refractivity contribution is 6.31. The highest BCUT2D eigenvalue weighted by Crippen LogP contribution is 2.23. The number of nitrogens with zero attached hydrogens (tertiary/aromatic N) is 2. The molecule has 1 amide bonds. The Bertz CT molecular complexity index is 764. The first-order valence-corrected chi connectivity index (χ1v) is 9.07. The molecule has 1 fully saturated rings. The Hall–Kier alpha value is -2.24. The molecule has 0 aliphatic carbocycles. The average Bonchev–Trinajstić information content (AvgIpc) is 2.89. The average molecular weight is 375 g/mol. The van der Waals surface area contributed by atoms with E-state index in [4.69, 9.17) is 16.3 Å². The first-order chi connectivity index (χ1) is 12.6. The van der Waals surface area contributed by atoms with Crippen molar-refractivity contribution in [3.05, 3.63) is 58.6 Å². The highest BCUT2D eigenvalue weighted by Gasteiger charge is 2.22. The van der Waals surface area contributed by atoms with Crippen molar-refractivity contribution in [2.45, 2.75) is 13.0 Å². The van der Waals surface area contributed by atoms with Gasteiger partial charge in [0.15, 0.2) is 0 Å². The van der Waals surface area contributed by atoms with Gasteiger partial charge in [0.05, 0.1) is 12.7 Å². The molecule has 0 atom stereocenters. The van der Waals surface area contributed by atoms with Crippen molar-refractivity contribution in [2.75, 3.05) is 33.3 Å². The smallest absolute Gasteiger partial charge is 0.257 e. The third-order valence-corrected chi connectivity index (χ3v) is 4.87.